The highest BCUT2D eigenvalue weighted by Crippen LogP contribution is 2.35. The van der Waals surface area contributed by atoms with Gasteiger partial charge in [0.2, 0.25) is 10.0 Å². The highest BCUT2D eigenvalue weighted by atomic mass is 32.2. The van der Waals surface area contributed by atoms with E-state index in [4.69, 9.17) is 5.11 Å². The summed E-state index contributed by atoms with van der Waals surface area (Å²) in [5.41, 5.74) is 0. The summed E-state index contributed by atoms with van der Waals surface area (Å²) in [4.78, 5) is 1.84. The molecule has 0 aromatic carbocycles. The van der Waals surface area contributed by atoms with Crippen LogP contribution in [-0.2, 0) is 16.6 Å². The van der Waals surface area contributed by atoms with Gasteiger partial charge in [-0.1, -0.05) is 6.92 Å². The molecule has 1 aromatic heterocycles. The van der Waals surface area contributed by atoms with Crippen LogP contribution in [-0.4, -0.2) is 30.4 Å². The van der Waals surface area contributed by atoms with E-state index < -0.39 is 10.0 Å². The number of aryl methyl sites for hydroxylation is 1. The van der Waals surface area contributed by atoms with Crippen LogP contribution < -0.4 is 0 Å². The highest BCUT2D eigenvalue weighted by Gasteiger charge is 2.38. The monoisotopic (exact) mass is 289 g/mol. The molecule has 0 unspecified atom stereocenters. The quantitative estimate of drug-likeness (QED) is 0.872. The van der Waals surface area contributed by atoms with Crippen LogP contribution in [0.25, 0.3) is 0 Å². The minimum absolute atomic E-state index is 0.0990. The first-order valence-corrected chi connectivity index (χ1v) is 8.48. The lowest BCUT2D eigenvalue weighted by atomic mass is 10.4. The fourth-order valence-corrected chi connectivity index (χ4v) is 5.31. The van der Waals surface area contributed by atoms with Crippen molar-refractivity contribution in [3.63, 3.8) is 0 Å². The Kier molecular flexibility index (Phi) is 4.11. The summed E-state index contributed by atoms with van der Waals surface area (Å²) >= 11 is 1.35. The number of rotatable bonds is 6. The number of aliphatic hydroxyl groups is 1. The molecule has 1 aromatic rings. The minimum atomic E-state index is -3.39. The molecule has 0 spiro atoms. The van der Waals surface area contributed by atoms with E-state index in [1.54, 1.807) is 17.3 Å². The molecule has 0 amide bonds. The van der Waals surface area contributed by atoms with Crippen molar-refractivity contribution in [3.05, 3.63) is 15.8 Å². The van der Waals surface area contributed by atoms with E-state index in [-0.39, 0.29) is 12.6 Å². The predicted octanol–water partition coefficient (Wildman–Crippen LogP) is 2.11. The molecule has 18 heavy (non-hydrogen) atoms. The fourth-order valence-electron chi connectivity index (χ4n) is 2.07. The number of sulfonamides is 1. The molecule has 1 aliphatic carbocycles. The molecule has 6 heteroatoms. The molecule has 1 N–H and O–H groups in total. The molecule has 4 nitrogen and oxygen atoms in total. The first-order chi connectivity index (χ1) is 8.50. The number of hydrogen-bond donors (Lipinski definition) is 1. The van der Waals surface area contributed by atoms with Gasteiger partial charge in [-0.3, -0.25) is 0 Å². The van der Waals surface area contributed by atoms with Gasteiger partial charge in [-0.15, -0.1) is 11.3 Å². The average Bonchev–Trinajstić information content (AvgIpc) is 3.08. The van der Waals surface area contributed by atoms with Crippen LogP contribution in [0.5, 0.6) is 0 Å². The Morgan fingerprint density at radius 1 is 1.50 bits per heavy atom. The summed E-state index contributed by atoms with van der Waals surface area (Å²) in [6.45, 7) is 4.27. The molecule has 0 atom stereocenters. The second-order valence-corrected chi connectivity index (χ2v) is 7.84. The second-order valence-electron chi connectivity index (χ2n) is 4.64. The fraction of sp³-hybridized carbons (Fsp3) is 0.667. The van der Waals surface area contributed by atoms with Crippen molar-refractivity contribution >= 4 is 21.4 Å². The molecule has 0 radical (unpaired) electrons. The molecule has 102 valence electrons. The van der Waals surface area contributed by atoms with Crippen LogP contribution in [0.15, 0.2) is 11.0 Å². The number of thiophene rings is 1. The molecule has 1 aliphatic rings. The Labute approximate surface area is 112 Å². The van der Waals surface area contributed by atoms with E-state index in [1.807, 2.05) is 6.92 Å². The van der Waals surface area contributed by atoms with E-state index in [1.165, 1.54) is 11.3 Å². The van der Waals surface area contributed by atoms with Crippen LogP contribution in [0.1, 0.15) is 35.9 Å². The largest absolute Gasteiger partial charge is 0.391 e. The van der Waals surface area contributed by atoms with Crippen molar-refractivity contribution in [1.29, 1.82) is 0 Å². The molecule has 1 saturated carbocycles. The Bertz CT molecular complexity index is 517. The zero-order chi connectivity index (χ0) is 13.3. The number of hydrogen-bond acceptors (Lipinski definition) is 4. The van der Waals surface area contributed by atoms with Crippen molar-refractivity contribution < 1.29 is 13.5 Å². The van der Waals surface area contributed by atoms with Crippen LogP contribution in [0, 0.1) is 6.92 Å². The summed E-state index contributed by atoms with van der Waals surface area (Å²) in [6.07, 6.45) is 2.76. The number of nitrogens with zero attached hydrogens (tertiary/aromatic N) is 1. The second kappa shape index (κ2) is 5.28. The summed E-state index contributed by atoms with van der Waals surface area (Å²) < 4.78 is 26.8. The van der Waals surface area contributed by atoms with Crippen LogP contribution >= 0.6 is 11.3 Å². The third-order valence-corrected chi connectivity index (χ3v) is 6.31. The molecular formula is C12H19NO3S2. The van der Waals surface area contributed by atoms with Crippen molar-refractivity contribution in [2.45, 2.75) is 50.7 Å². The van der Waals surface area contributed by atoms with Gasteiger partial charge in [0.15, 0.2) is 0 Å². The van der Waals surface area contributed by atoms with E-state index in [0.717, 1.165) is 24.1 Å². The van der Waals surface area contributed by atoms with Crippen LogP contribution in [0.3, 0.4) is 0 Å². The molecule has 1 heterocycles. The van der Waals surface area contributed by atoms with Crippen molar-refractivity contribution in [2.24, 2.45) is 0 Å². The normalized spacial score (nSPS) is 16.4. The minimum Gasteiger partial charge on any atom is -0.391 e. The molecule has 1 fully saturated rings. The van der Waals surface area contributed by atoms with E-state index in [0.29, 0.717) is 16.3 Å². The van der Waals surface area contributed by atoms with Gasteiger partial charge in [0.05, 0.1) is 11.5 Å². The van der Waals surface area contributed by atoms with Crippen molar-refractivity contribution in [2.75, 3.05) is 6.54 Å². The first-order valence-electron chi connectivity index (χ1n) is 6.22. The third kappa shape index (κ3) is 2.61. The van der Waals surface area contributed by atoms with Crippen molar-refractivity contribution in [1.82, 2.24) is 4.31 Å². The van der Waals surface area contributed by atoms with Gasteiger partial charge in [-0.05, 0) is 32.3 Å². The standard InChI is InChI=1S/C12H19NO3S2/c1-3-6-13(10-4-5-10)18(15,16)12-7-11(8-14)17-9(12)2/h7,10,14H,3-6,8H2,1-2H3. The molecule has 2 rings (SSSR count). The van der Waals surface area contributed by atoms with Gasteiger partial charge in [0.1, 0.15) is 0 Å². The number of aliphatic hydroxyl groups excluding tert-OH is 1. The SMILES string of the molecule is CCCN(C1CC1)S(=O)(=O)c1cc(CO)sc1C. The molecule has 0 saturated heterocycles. The van der Waals surface area contributed by atoms with Gasteiger partial charge in [0.25, 0.3) is 0 Å². The van der Waals surface area contributed by atoms with Crippen molar-refractivity contribution in [3.8, 4) is 0 Å². The molecule has 0 aliphatic heterocycles. The highest BCUT2D eigenvalue weighted by molar-refractivity contribution is 7.89. The van der Waals surface area contributed by atoms with Crippen LogP contribution in [0.4, 0.5) is 0 Å². The van der Waals surface area contributed by atoms with Crippen LogP contribution in [0.2, 0.25) is 0 Å². The Morgan fingerprint density at radius 3 is 2.61 bits per heavy atom. The summed E-state index contributed by atoms with van der Waals surface area (Å²) in [7, 11) is -3.39. The zero-order valence-corrected chi connectivity index (χ0v) is 12.4. The summed E-state index contributed by atoms with van der Waals surface area (Å²) in [6, 6.07) is 1.80. The Morgan fingerprint density at radius 2 is 2.17 bits per heavy atom. The summed E-state index contributed by atoms with van der Waals surface area (Å²) in [5.74, 6) is 0. The van der Waals surface area contributed by atoms with E-state index in [2.05, 4.69) is 0 Å². The predicted molar refractivity (Wildman–Crippen MR) is 72.2 cm³/mol. The summed E-state index contributed by atoms with van der Waals surface area (Å²) in [5, 5.41) is 9.11. The lowest BCUT2D eigenvalue weighted by Gasteiger charge is -2.20. The first kappa shape index (κ1) is 14.0. The van der Waals surface area contributed by atoms with Gasteiger partial charge < -0.3 is 5.11 Å². The zero-order valence-electron chi connectivity index (χ0n) is 10.7. The van der Waals surface area contributed by atoms with E-state index >= 15 is 0 Å². The molecular weight excluding hydrogens is 270 g/mol. The lowest BCUT2D eigenvalue weighted by Crippen LogP contribution is -2.33. The average molecular weight is 289 g/mol. The van der Waals surface area contributed by atoms with E-state index in [9.17, 15) is 8.42 Å². The maximum absolute atomic E-state index is 12.6. The van der Waals surface area contributed by atoms with Gasteiger partial charge in [-0.25, -0.2) is 8.42 Å². The van der Waals surface area contributed by atoms with Gasteiger partial charge in [0, 0.05) is 22.3 Å². The topological polar surface area (TPSA) is 57.6 Å². The Hall–Kier alpha value is -0.430. The maximum Gasteiger partial charge on any atom is 0.244 e. The smallest absolute Gasteiger partial charge is 0.244 e. The van der Waals surface area contributed by atoms with Gasteiger partial charge in [-0.2, -0.15) is 4.31 Å². The maximum atomic E-state index is 12.6. The van der Waals surface area contributed by atoms with Gasteiger partial charge >= 0.3 is 0 Å². The molecule has 0 bridgehead atoms. The Balaban J connectivity index is 2.35. The third-order valence-electron chi connectivity index (χ3n) is 3.06. The lowest BCUT2D eigenvalue weighted by molar-refractivity contribution is 0.285.